The predicted octanol–water partition coefficient (Wildman–Crippen LogP) is 3.25. The van der Waals surface area contributed by atoms with Gasteiger partial charge in [0, 0.05) is 18.3 Å². The quantitative estimate of drug-likeness (QED) is 0.708. The Morgan fingerprint density at radius 3 is 2.26 bits per heavy atom. The number of anilines is 1. The average molecular weight is 396 g/mol. The zero-order valence-corrected chi connectivity index (χ0v) is 14.8. The number of hydrogen-bond acceptors (Lipinski definition) is 4. The third-order valence-electron chi connectivity index (χ3n) is 3.87. The van der Waals surface area contributed by atoms with Crippen LogP contribution in [0, 0.1) is 0 Å². The van der Waals surface area contributed by atoms with Crippen LogP contribution in [0.25, 0.3) is 16.9 Å². The van der Waals surface area contributed by atoms with Crippen molar-refractivity contribution in [3.05, 3.63) is 60.3 Å². The van der Waals surface area contributed by atoms with Crippen molar-refractivity contribution < 1.29 is 21.6 Å². The van der Waals surface area contributed by atoms with Crippen molar-refractivity contribution in [1.82, 2.24) is 9.78 Å². The Morgan fingerprint density at radius 2 is 1.70 bits per heavy atom. The van der Waals surface area contributed by atoms with Gasteiger partial charge in [-0.05, 0) is 30.3 Å². The number of nitrogens with one attached hydrogen (secondary N) is 1. The van der Waals surface area contributed by atoms with E-state index in [9.17, 15) is 21.6 Å². The van der Waals surface area contributed by atoms with Gasteiger partial charge in [-0.2, -0.15) is 18.3 Å². The molecule has 0 spiro atoms. The maximum Gasteiger partial charge on any atom is 0.435 e. The Labute approximate surface area is 153 Å². The Kier molecular flexibility index (Phi) is 4.70. The van der Waals surface area contributed by atoms with Crippen LogP contribution in [0.5, 0.6) is 0 Å². The van der Waals surface area contributed by atoms with Gasteiger partial charge in [-0.25, -0.2) is 18.2 Å². The van der Waals surface area contributed by atoms with E-state index in [0.29, 0.717) is 5.56 Å². The third kappa shape index (κ3) is 3.81. The molecule has 3 N–H and O–H groups in total. The van der Waals surface area contributed by atoms with Gasteiger partial charge < -0.3 is 5.32 Å². The highest BCUT2D eigenvalue weighted by atomic mass is 32.2. The molecule has 0 saturated heterocycles. The van der Waals surface area contributed by atoms with Gasteiger partial charge in [-0.1, -0.05) is 24.3 Å². The van der Waals surface area contributed by atoms with Crippen molar-refractivity contribution in [2.45, 2.75) is 11.1 Å². The van der Waals surface area contributed by atoms with Gasteiger partial charge in [0.05, 0.1) is 11.4 Å². The van der Waals surface area contributed by atoms with E-state index < -0.39 is 21.9 Å². The molecule has 0 bridgehead atoms. The van der Waals surface area contributed by atoms with Crippen molar-refractivity contribution in [2.24, 2.45) is 5.14 Å². The largest absolute Gasteiger partial charge is 0.435 e. The molecule has 0 fully saturated rings. The second-order valence-electron chi connectivity index (χ2n) is 5.66. The summed E-state index contributed by atoms with van der Waals surface area (Å²) in [7, 11) is -2.46. The van der Waals surface area contributed by atoms with Crippen LogP contribution >= 0.6 is 0 Å². The van der Waals surface area contributed by atoms with E-state index in [0.717, 1.165) is 16.4 Å². The van der Waals surface area contributed by atoms with E-state index in [1.54, 1.807) is 31.3 Å². The first-order valence-electron chi connectivity index (χ1n) is 7.69. The molecule has 2 aromatic carbocycles. The summed E-state index contributed by atoms with van der Waals surface area (Å²) in [6.07, 6.45) is -4.69. The summed E-state index contributed by atoms with van der Waals surface area (Å²) in [6.45, 7) is 0. The van der Waals surface area contributed by atoms with E-state index in [1.165, 1.54) is 24.3 Å². The van der Waals surface area contributed by atoms with Gasteiger partial charge >= 0.3 is 6.18 Å². The molecule has 1 heterocycles. The molecule has 0 saturated carbocycles. The van der Waals surface area contributed by atoms with E-state index in [2.05, 4.69) is 10.4 Å². The SMILES string of the molecule is CNc1ccc(-c2cc(C(F)(F)F)nn2-c2ccccc2S(N)(=O)=O)cc1. The summed E-state index contributed by atoms with van der Waals surface area (Å²) in [5.41, 5.74) is 0.0794. The molecule has 0 aliphatic heterocycles. The molecule has 3 aromatic rings. The van der Waals surface area contributed by atoms with Crippen molar-refractivity contribution in [3.8, 4) is 16.9 Å². The number of nitrogens with two attached hydrogens (primary N) is 1. The maximum absolute atomic E-state index is 13.2. The molecule has 6 nitrogen and oxygen atoms in total. The first-order chi connectivity index (χ1) is 12.6. The van der Waals surface area contributed by atoms with Crippen molar-refractivity contribution in [1.29, 1.82) is 0 Å². The average Bonchev–Trinajstić information content (AvgIpc) is 3.07. The summed E-state index contributed by atoms with van der Waals surface area (Å²) in [5, 5.41) is 11.7. The molecule has 10 heteroatoms. The first-order valence-corrected chi connectivity index (χ1v) is 9.23. The van der Waals surface area contributed by atoms with E-state index in [4.69, 9.17) is 5.14 Å². The van der Waals surface area contributed by atoms with Crippen molar-refractivity contribution in [3.63, 3.8) is 0 Å². The van der Waals surface area contributed by atoms with Crippen molar-refractivity contribution in [2.75, 3.05) is 12.4 Å². The van der Waals surface area contributed by atoms with E-state index >= 15 is 0 Å². The first kappa shape index (κ1) is 18.9. The lowest BCUT2D eigenvalue weighted by Gasteiger charge is -2.12. The molecule has 0 unspecified atom stereocenters. The number of halogens is 3. The zero-order chi connectivity index (χ0) is 19.8. The maximum atomic E-state index is 13.2. The molecule has 1 aromatic heterocycles. The standard InChI is InChI=1S/C17H15F3N4O2S/c1-22-12-8-6-11(7-9-12)14-10-16(17(18,19)20)23-24(14)13-4-2-3-5-15(13)27(21,25)26/h2-10,22H,1H3,(H2,21,25,26). The van der Waals surface area contributed by atoms with Crippen LogP contribution in [0.4, 0.5) is 18.9 Å². The molecule has 142 valence electrons. The lowest BCUT2D eigenvalue weighted by Crippen LogP contribution is -2.16. The number of nitrogens with zero attached hydrogens (tertiary/aromatic N) is 2. The number of aromatic nitrogens is 2. The van der Waals surface area contributed by atoms with Crippen LogP contribution in [0.1, 0.15) is 5.69 Å². The summed E-state index contributed by atoms with van der Waals surface area (Å²) in [4.78, 5) is -0.324. The summed E-state index contributed by atoms with van der Waals surface area (Å²) < 4.78 is 64.4. The smallest absolute Gasteiger partial charge is 0.388 e. The molecule has 27 heavy (non-hydrogen) atoms. The van der Waals surface area contributed by atoms with Crippen LogP contribution < -0.4 is 10.5 Å². The van der Waals surface area contributed by atoms with Gasteiger partial charge in [-0.15, -0.1) is 0 Å². The predicted molar refractivity (Wildman–Crippen MR) is 94.9 cm³/mol. The summed E-state index contributed by atoms with van der Waals surface area (Å²) in [6, 6.07) is 12.9. The van der Waals surface area contributed by atoms with Crippen molar-refractivity contribution >= 4 is 15.7 Å². The molecule has 3 rings (SSSR count). The van der Waals surface area contributed by atoms with Crippen LogP contribution in [-0.2, 0) is 16.2 Å². The van der Waals surface area contributed by atoms with Crippen LogP contribution in [-0.4, -0.2) is 25.2 Å². The monoisotopic (exact) mass is 396 g/mol. The molecule has 0 atom stereocenters. The van der Waals surface area contributed by atoms with Crippen LogP contribution in [0.15, 0.2) is 59.5 Å². The highest BCUT2D eigenvalue weighted by Gasteiger charge is 2.35. The number of rotatable bonds is 4. The molecule has 0 aliphatic rings. The van der Waals surface area contributed by atoms with Gasteiger partial charge in [0.25, 0.3) is 0 Å². The zero-order valence-electron chi connectivity index (χ0n) is 14.0. The Hall–Kier alpha value is -2.85. The highest BCUT2D eigenvalue weighted by Crippen LogP contribution is 2.34. The minimum absolute atomic E-state index is 0.0665. The van der Waals surface area contributed by atoms with Gasteiger partial charge in [0.1, 0.15) is 4.90 Å². The Bertz CT molecular complexity index is 1070. The topological polar surface area (TPSA) is 90.0 Å². The fourth-order valence-corrected chi connectivity index (χ4v) is 3.30. The molecule has 0 radical (unpaired) electrons. The minimum Gasteiger partial charge on any atom is -0.388 e. The lowest BCUT2D eigenvalue weighted by molar-refractivity contribution is -0.141. The Balaban J connectivity index is 2.28. The summed E-state index contributed by atoms with van der Waals surface area (Å²) >= 11 is 0. The fourth-order valence-electron chi connectivity index (χ4n) is 2.59. The fraction of sp³-hybridized carbons (Fsp3) is 0.118. The highest BCUT2D eigenvalue weighted by molar-refractivity contribution is 7.89. The number of para-hydroxylation sites is 1. The third-order valence-corrected chi connectivity index (χ3v) is 4.83. The van der Waals surface area contributed by atoms with Gasteiger partial charge in [-0.3, -0.25) is 0 Å². The van der Waals surface area contributed by atoms with E-state index in [-0.39, 0.29) is 16.3 Å². The number of hydrogen-bond donors (Lipinski definition) is 2. The summed E-state index contributed by atoms with van der Waals surface area (Å²) in [5.74, 6) is 0. The van der Waals surface area contributed by atoms with Crippen LogP contribution in [0.2, 0.25) is 0 Å². The molecular formula is C17H15F3N4O2S. The second-order valence-corrected chi connectivity index (χ2v) is 7.19. The normalized spacial score (nSPS) is 12.2. The number of primary sulfonamides is 1. The van der Waals surface area contributed by atoms with E-state index in [1.807, 2.05) is 0 Å². The van der Waals surface area contributed by atoms with Crippen LogP contribution in [0.3, 0.4) is 0 Å². The number of alkyl halides is 3. The number of sulfonamides is 1. The van der Waals surface area contributed by atoms with Gasteiger partial charge in [0.15, 0.2) is 5.69 Å². The second kappa shape index (κ2) is 6.71. The molecular weight excluding hydrogens is 381 g/mol. The minimum atomic E-state index is -4.69. The molecule has 0 amide bonds. The number of benzene rings is 2. The lowest BCUT2D eigenvalue weighted by atomic mass is 10.1. The van der Waals surface area contributed by atoms with Gasteiger partial charge in [0.2, 0.25) is 10.0 Å². The molecule has 0 aliphatic carbocycles. The Morgan fingerprint density at radius 1 is 1.07 bits per heavy atom.